The van der Waals surface area contributed by atoms with Crippen LogP contribution in [0.1, 0.15) is 26.3 Å². The van der Waals surface area contributed by atoms with E-state index in [2.05, 4.69) is 15.4 Å². The maximum atomic E-state index is 12.9. The quantitative estimate of drug-likeness (QED) is 0.465. The highest BCUT2D eigenvalue weighted by molar-refractivity contribution is 7.92. The second-order valence-corrected chi connectivity index (χ2v) is 9.13. The van der Waals surface area contributed by atoms with Crippen molar-refractivity contribution in [1.29, 1.82) is 0 Å². The van der Waals surface area contributed by atoms with E-state index >= 15 is 0 Å². The third-order valence-corrected chi connectivity index (χ3v) is 6.39. The molecule has 0 aliphatic heterocycles. The van der Waals surface area contributed by atoms with Gasteiger partial charge in [0.1, 0.15) is 5.75 Å². The average Bonchev–Trinajstić information content (AvgIpc) is 2.78. The van der Waals surface area contributed by atoms with E-state index in [1.54, 1.807) is 31.2 Å². The van der Waals surface area contributed by atoms with Crippen molar-refractivity contribution in [1.82, 2.24) is 5.32 Å². The minimum absolute atomic E-state index is 0.0975. The van der Waals surface area contributed by atoms with Crippen LogP contribution in [0.5, 0.6) is 5.75 Å². The molecule has 2 amide bonds. The molecular formula is C23H22ClN3O5S. The largest absolute Gasteiger partial charge is 0.495 e. The molecule has 10 heteroatoms. The van der Waals surface area contributed by atoms with Gasteiger partial charge in [-0.3, -0.25) is 14.3 Å². The highest BCUT2D eigenvalue weighted by Crippen LogP contribution is 2.30. The maximum Gasteiger partial charge on any atom is 0.262 e. The monoisotopic (exact) mass is 487 g/mol. The molecule has 0 saturated heterocycles. The molecule has 0 atom stereocenters. The fraction of sp³-hybridized carbons (Fsp3) is 0.130. The zero-order chi connectivity index (χ0) is 24.2. The first-order valence-corrected chi connectivity index (χ1v) is 11.6. The summed E-state index contributed by atoms with van der Waals surface area (Å²) in [5.74, 6) is -0.624. The molecule has 3 rings (SSSR count). The van der Waals surface area contributed by atoms with Crippen LogP contribution in [0.25, 0.3) is 0 Å². The molecule has 0 spiro atoms. The third kappa shape index (κ3) is 5.44. The molecule has 0 unspecified atom stereocenters. The van der Waals surface area contributed by atoms with Gasteiger partial charge in [0.05, 0.1) is 28.9 Å². The predicted octanol–water partition coefficient (Wildman–Crippen LogP) is 4.07. The zero-order valence-electron chi connectivity index (χ0n) is 18.1. The van der Waals surface area contributed by atoms with Gasteiger partial charge in [0.2, 0.25) is 0 Å². The first kappa shape index (κ1) is 24.1. The number of methoxy groups -OCH3 is 1. The number of carbonyl (C=O) groups excluding carboxylic acids is 2. The summed E-state index contributed by atoms with van der Waals surface area (Å²) in [5.41, 5.74) is 1.58. The van der Waals surface area contributed by atoms with Crippen LogP contribution in [0.4, 0.5) is 11.4 Å². The molecule has 0 aliphatic carbocycles. The van der Waals surface area contributed by atoms with E-state index in [-0.39, 0.29) is 27.8 Å². The van der Waals surface area contributed by atoms with Gasteiger partial charge in [0.15, 0.2) is 0 Å². The van der Waals surface area contributed by atoms with E-state index in [1.807, 2.05) is 0 Å². The van der Waals surface area contributed by atoms with Crippen LogP contribution in [0, 0.1) is 6.92 Å². The molecule has 0 heterocycles. The van der Waals surface area contributed by atoms with E-state index in [0.29, 0.717) is 21.8 Å². The van der Waals surface area contributed by atoms with Crippen molar-refractivity contribution in [2.45, 2.75) is 11.8 Å². The molecule has 3 N–H and O–H groups in total. The Morgan fingerprint density at radius 2 is 1.67 bits per heavy atom. The summed E-state index contributed by atoms with van der Waals surface area (Å²) in [5, 5.41) is 5.55. The summed E-state index contributed by atoms with van der Waals surface area (Å²) in [4.78, 5) is 25.0. The average molecular weight is 488 g/mol. The normalized spacial score (nSPS) is 10.9. The van der Waals surface area contributed by atoms with Gasteiger partial charge in [-0.25, -0.2) is 8.42 Å². The Bertz CT molecular complexity index is 1330. The van der Waals surface area contributed by atoms with Crippen molar-refractivity contribution in [2.24, 2.45) is 0 Å². The van der Waals surface area contributed by atoms with Crippen LogP contribution in [0.3, 0.4) is 0 Å². The number of hydrogen-bond acceptors (Lipinski definition) is 5. The van der Waals surface area contributed by atoms with Crippen molar-refractivity contribution in [2.75, 3.05) is 24.2 Å². The lowest BCUT2D eigenvalue weighted by molar-refractivity contribution is 0.0963. The van der Waals surface area contributed by atoms with Gasteiger partial charge in [-0.1, -0.05) is 29.8 Å². The Morgan fingerprint density at radius 3 is 2.36 bits per heavy atom. The van der Waals surface area contributed by atoms with Crippen molar-refractivity contribution >= 4 is 44.8 Å². The Kier molecular flexibility index (Phi) is 7.25. The number of sulfonamides is 1. The van der Waals surface area contributed by atoms with Crippen molar-refractivity contribution in [3.8, 4) is 5.75 Å². The highest BCUT2D eigenvalue weighted by Gasteiger charge is 2.20. The molecule has 8 nitrogen and oxygen atoms in total. The maximum absolute atomic E-state index is 12.9. The van der Waals surface area contributed by atoms with E-state index in [1.165, 1.54) is 50.6 Å². The molecule has 0 aliphatic rings. The molecule has 3 aromatic rings. The predicted molar refractivity (Wildman–Crippen MR) is 128 cm³/mol. The van der Waals surface area contributed by atoms with Crippen LogP contribution in [0.15, 0.2) is 65.6 Å². The Morgan fingerprint density at radius 1 is 0.939 bits per heavy atom. The van der Waals surface area contributed by atoms with Crippen LogP contribution in [-0.4, -0.2) is 34.4 Å². The molecule has 0 aromatic heterocycles. The fourth-order valence-electron chi connectivity index (χ4n) is 3.16. The zero-order valence-corrected chi connectivity index (χ0v) is 19.7. The van der Waals surface area contributed by atoms with Gasteiger partial charge < -0.3 is 15.4 Å². The van der Waals surface area contributed by atoms with Crippen LogP contribution in [0.2, 0.25) is 5.02 Å². The summed E-state index contributed by atoms with van der Waals surface area (Å²) in [6.45, 7) is 1.75. The summed E-state index contributed by atoms with van der Waals surface area (Å²) in [6.07, 6.45) is 0. The van der Waals surface area contributed by atoms with Gasteiger partial charge in [-0.2, -0.15) is 0 Å². The molecular weight excluding hydrogens is 466 g/mol. The molecule has 3 aromatic carbocycles. The number of rotatable bonds is 7. The smallest absolute Gasteiger partial charge is 0.262 e. The molecule has 0 saturated carbocycles. The van der Waals surface area contributed by atoms with E-state index in [4.69, 9.17) is 16.3 Å². The Balaban J connectivity index is 1.90. The number of hydrogen-bond donors (Lipinski definition) is 3. The molecule has 0 bridgehead atoms. The number of aryl methyl sites for hydroxylation is 1. The minimum atomic E-state index is -4.06. The topological polar surface area (TPSA) is 114 Å². The number of amides is 2. The summed E-state index contributed by atoms with van der Waals surface area (Å²) in [6, 6.07) is 15.1. The van der Waals surface area contributed by atoms with Crippen LogP contribution in [-0.2, 0) is 10.0 Å². The van der Waals surface area contributed by atoms with Gasteiger partial charge in [-0.05, 0) is 55.0 Å². The molecule has 0 fully saturated rings. The van der Waals surface area contributed by atoms with E-state index in [9.17, 15) is 18.0 Å². The Labute approximate surface area is 197 Å². The fourth-order valence-corrected chi connectivity index (χ4v) is 4.44. The highest BCUT2D eigenvalue weighted by atomic mass is 35.5. The minimum Gasteiger partial charge on any atom is -0.495 e. The summed E-state index contributed by atoms with van der Waals surface area (Å²) >= 11 is 5.98. The summed E-state index contributed by atoms with van der Waals surface area (Å²) < 4.78 is 33.5. The third-order valence-electron chi connectivity index (χ3n) is 4.79. The molecule has 33 heavy (non-hydrogen) atoms. The second kappa shape index (κ2) is 9.93. The van der Waals surface area contributed by atoms with E-state index in [0.717, 1.165) is 0 Å². The van der Waals surface area contributed by atoms with Gasteiger partial charge in [0, 0.05) is 17.6 Å². The van der Waals surface area contributed by atoms with Crippen molar-refractivity contribution in [3.05, 3.63) is 82.4 Å². The lowest BCUT2D eigenvalue weighted by Gasteiger charge is -2.14. The number of anilines is 2. The summed E-state index contributed by atoms with van der Waals surface area (Å²) in [7, 11) is -1.15. The molecule has 0 radical (unpaired) electrons. The Hall–Kier alpha value is -3.56. The lowest BCUT2D eigenvalue weighted by Crippen LogP contribution is -2.23. The van der Waals surface area contributed by atoms with Gasteiger partial charge >= 0.3 is 0 Å². The SMILES string of the molecule is CNC(=O)c1c(C)cccc1NC(=O)c1cccc(S(=O)(=O)Nc2cc(Cl)ccc2OC)c1. The number of carbonyl (C=O) groups is 2. The first-order chi connectivity index (χ1) is 15.7. The second-order valence-electron chi connectivity index (χ2n) is 7.01. The number of halogens is 1. The number of benzene rings is 3. The lowest BCUT2D eigenvalue weighted by atomic mass is 10.1. The standard InChI is InChI=1S/C23H22ClN3O5S/c1-14-6-4-9-18(21(14)23(29)25-2)26-22(28)15-7-5-8-17(12-15)33(30,31)27-19-13-16(24)10-11-20(19)32-3/h4-13,27H,1-3H3,(H,25,29)(H,26,28). The first-order valence-electron chi connectivity index (χ1n) is 9.75. The van der Waals surface area contributed by atoms with Crippen LogP contribution < -0.4 is 20.1 Å². The molecule has 172 valence electrons. The van der Waals surface area contributed by atoms with Gasteiger partial charge in [0.25, 0.3) is 21.8 Å². The van der Waals surface area contributed by atoms with E-state index < -0.39 is 15.9 Å². The number of ether oxygens (including phenoxy) is 1. The van der Waals surface area contributed by atoms with Crippen molar-refractivity contribution < 1.29 is 22.7 Å². The van der Waals surface area contributed by atoms with Gasteiger partial charge in [-0.15, -0.1) is 0 Å². The number of nitrogens with one attached hydrogen (secondary N) is 3. The van der Waals surface area contributed by atoms with Crippen molar-refractivity contribution in [3.63, 3.8) is 0 Å². The van der Waals surface area contributed by atoms with Crippen LogP contribution >= 0.6 is 11.6 Å².